The summed E-state index contributed by atoms with van der Waals surface area (Å²) in [5.41, 5.74) is 1.56. The molecule has 1 fully saturated rings. The van der Waals surface area contributed by atoms with E-state index in [1.165, 1.54) is 18.4 Å². The van der Waals surface area contributed by atoms with Crippen LogP contribution in [0.4, 0.5) is 0 Å². The molecule has 1 aliphatic carbocycles. The third-order valence-electron chi connectivity index (χ3n) is 4.36. The summed E-state index contributed by atoms with van der Waals surface area (Å²) in [6.45, 7) is 9.87. The molecule has 2 unspecified atom stereocenters. The molecule has 1 N–H and O–H groups in total. The number of rotatable bonds is 5. The van der Waals surface area contributed by atoms with Gasteiger partial charge in [0.15, 0.2) is 0 Å². The van der Waals surface area contributed by atoms with Gasteiger partial charge in [-0.05, 0) is 51.3 Å². The van der Waals surface area contributed by atoms with E-state index >= 15 is 0 Å². The quantitative estimate of drug-likeness (QED) is 0.869. The van der Waals surface area contributed by atoms with Crippen LogP contribution in [0.15, 0.2) is 18.2 Å². The molecule has 2 rings (SSSR count). The highest BCUT2D eigenvalue weighted by atomic mass is 35.5. The van der Waals surface area contributed by atoms with Crippen molar-refractivity contribution >= 4 is 11.6 Å². The maximum atomic E-state index is 6.21. The second-order valence-corrected chi connectivity index (χ2v) is 7.35. The minimum Gasteiger partial charge on any atom is -0.496 e. The van der Waals surface area contributed by atoms with Gasteiger partial charge in [0, 0.05) is 28.1 Å². The zero-order valence-corrected chi connectivity index (χ0v) is 14.0. The van der Waals surface area contributed by atoms with Crippen molar-refractivity contribution in [1.29, 1.82) is 0 Å². The average molecular weight is 296 g/mol. The van der Waals surface area contributed by atoms with E-state index < -0.39 is 0 Å². The van der Waals surface area contributed by atoms with E-state index in [1.54, 1.807) is 7.11 Å². The van der Waals surface area contributed by atoms with Crippen molar-refractivity contribution in [3.05, 3.63) is 28.8 Å². The van der Waals surface area contributed by atoms with E-state index in [1.807, 2.05) is 12.1 Å². The van der Waals surface area contributed by atoms with Crippen molar-refractivity contribution in [3.8, 4) is 5.75 Å². The third-order valence-corrected chi connectivity index (χ3v) is 4.59. The first-order chi connectivity index (χ1) is 9.32. The lowest BCUT2D eigenvalue weighted by Gasteiger charge is -2.27. The number of ether oxygens (including phenoxy) is 1. The van der Waals surface area contributed by atoms with Crippen molar-refractivity contribution in [1.82, 2.24) is 5.32 Å². The molecule has 3 heteroatoms. The van der Waals surface area contributed by atoms with Crippen molar-refractivity contribution in [2.75, 3.05) is 13.7 Å². The molecule has 0 amide bonds. The summed E-state index contributed by atoms with van der Waals surface area (Å²) in [6, 6.07) is 5.97. The van der Waals surface area contributed by atoms with Gasteiger partial charge in [0.1, 0.15) is 5.75 Å². The lowest BCUT2D eigenvalue weighted by Crippen LogP contribution is -2.41. The molecule has 2 nitrogen and oxygen atoms in total. The summed E-state index contributed by atoms with van der Waals surface area (Å²) in [6.07, 6.45) is 2.41. The normalized spacial score (nSPS) is 25.6. The standard InChI is InChI=1S/C17H26ClNO/c1-6-12-10-17(12,11-19-16(2,3)4)14-9-13(18)7-8-15(14)20-5/h7-9,12,19H,6,10-11H2,1-5H3. The predicted molar refractivity (Wildman–Crippen MR) is 85.8 cm³/mol. The molecule has 20 heavy (non-hydrogen) atoms. The van der Waals surface area contributed by atoms with Crippen LogP contribution >= 0.6 is 11.6 Å². The van der Waals surface area contributed by atoms with Gasteiger partial charge in [0.05, 0.1) is 7.11 Å². The molecule has 1 aromatic rings. The van der Waals surface area contributed by atoms with Crippen LogP contribution in [0, 0.1) is 5.92 Å². The summed E-state index contributed by atoms with van der Waals surface area (Å²) in [5, 5.41) is 4.45. The van der Waals surface area contributed by atoms with Crippen molar-refractivity contribution < 1.29 is 4.74 Å². The highest BCUT2D eigenvalue weighted by molar-refractivity contribution is 6.30. The molecule has 0 bridgehead atoms. The second kappa shape index (κ2) is 5.57. The van der Waals surface area contributed by atoms with Crippen molar-refractivity contribution in [2.24, 2.45) is 5.92 Å². The fourth-order valence-corrected chi connectivity index (χ4v) is 3.22. The molecule has 0 aromatic heterocycles. The summed E-state index contributed by atoms with van der Waals surface area (Å²) >= 11 is 6.21. The molecule has 2 atom stereocenters. The van der Waals surface area contributed by atoms with Crippen LogP contribution < -0.4 is 10.1 Å². The van der Waals surface area contributed by atoms with Crippen LogP contribution in [-0.2, 0) is 5.41 Å². The summed E-state index contributed by atoms with van der Waals surface area (Å²) in [5.74, 6) is 1.67. The number of nitrogens with one attached hydrogen (secondary N) is 1. The van der Waals surface area contributed by atoms with Crippen LogP contribution in [0.3, 0.4) is 0 Å². The number of halogens is 1. The van der Waals surface area contributed by atoms with E-state index in [4.69, 9.17) is 16.3 Å². The topological polar surface area (TPSA) is 21.3 Å². The number of hydrogen-bond donors (Lipinski definition) is 1. The van der Waals surface area contributed by atoms with E-state index in [0.717, 1.165) is 17.3 Å². The van der Waals surface area contributed by atoms with Gasteiger partial charge in [-0.15, -0.1) is 0 Å². The first kappa shape index (κ1) is 15.7. The Morgan fingerprint density at radius 2 is 2.10 bits per heavy atom. The predicted octanol–water partition coefficient (Wildman–Crippen LogP) is 4.40. The lowest BCUT2D eigenvalue weighted by molar-refractivity contribution is 0.370. The van der Waals surface area contributed by atoms with Gasteiger partial charge in [0.25, 0.3) is 0 Å². The van der Waals surface area contributed by atoms with Gasteiger partial charge in [0.2, 0.25) is 0 Å². The van der Waals surface area contributed by atoms with Gasteiger partial charge >= 0.3 is 0 Å². The first-order valence-electron chi connectivity index (χ1n) is 7.41. The maximum Gasteiger partial charge on any atom is 0.122 e. The van der Waals surface area contributed by atoms with Crippen LogP contribution in [0.1, 0.15) is 46.1 Å². The highest BCUT2D eigenvalue weighted by Crippen LogP contribution is 2.58. The summed E-state index contributed by atoms with van der Waals surface area (Å²) in [7, 11) is 1.74. The Bertz CT molecular complexity index is 480. The smallest absolute Gasteiger partial charge is 0.122 e. The Balaban J connectivity index is 2.32. The Morgan fingerprint density at radius 1 is 1.40 bits per heavy atom. The van der Waals surface area contributed by atoms with E-state index in [9.17, 15) is 0 Å². The monoisotopic (exact) mass is 295 g/mol. The Kier molecular flexibility index (Phi) is 4.36. The summed E-state index contributed by atoms with van der Waals surface area (Å²) < 4.78 is 5.57. The highest BCUT2D eigenvalue weighted by Gasteiger charge is 2.55. The van der Waals surface area contributed by atoms with Gasteiger partial charge < -0.3 is 10.1 Å². The van der Waals surface area contributed by atoms with Crippen LogP contribution in [-0.4, -0.2) is 19.2 Å². The molecular weight excluding hydrogens is 270 g/mol. The average Bonchev–Trinajstić information content (AvgIpc) is 3.10. The zero-order chi connectivity index (χ0) is 15.0. The molecule has 1 aromatic carbocycles. The van der Waals surface area contributed by atoms with Crippen LogP contribution in [0.25, 0.3) is 0 Å². The molecule has 1 aliphatic rings. The van der Waals surface area contributed by atoms with Gasteiger partial charge in [-0.1, -0.05) is 24.9 Å². The van der Waals surface area contributed by atoms with E-state index in [2.05, 4.69) is 39.1 Å². The minimum absolute atomic E-state index is 0.125. The number of hydrogen-bond acceptors (Lipinski definition) is 2. The Hall–Kier alpha value is -0.730. The van der Waals surface area contributed by atoms with Gasteiger partial charge in [-0.3, -0.25) is 0 Å². The minimum atomic E-state index is 0.125. The molecule has 1 saturated carbocycles. The lowest BCUT2D eigenvalue weighted by atomic mass is 9.90. The van der Waals surface area contributed by atoms with Crippen molar-refractivity contribution in [3.63, 3.8) is 0 Å². The third kappa shape index (κ3) is 3.12. The largest absolute Gasteiger partial charge is 0.496 e. The second-order valence-electron chi connectivity index (χ2n) is 6.91. The van der Waals surface area contributed by atoms with Crippen molar-refractivity contribution in [2.45, 2.75) is 51.5 Å². The van der Waals surface area contributed by atoms with Gasteiger partial charge in [-0.2, -0.15) is 0 Å². The molecule has 0 aliphatic heterocycles. The SMILES string of the molecule is CCC1CC1(CNC(C)(C)C)c1cc(Cl)ccc1OC. The molecule has 0 heterocycles. The number of methoxy groups -OCH3 is 1. The van der Waals surface area contributed by atoms with Crippen LogP contribution in [0.2, 0.25) is 5.02 Å². The maximum absolute atomic E-state index is 6.21. The summed E-state index contributed by atoms with van der Waals surface area (Å²) in [4.78, 5) is 0. The molecule has 0 saturated heterocycles. The molecule has 0 spiro atoms. The fraction of sp³-hybridized carbons (Fsp3) is 0.647. The zero-order valence-electron chi connectivity index (χ0n) is 13.2. The Labute approximate surface area is 127 Å². The van der Waals surface area contributed by atoms with E-state index in [-0.39, 0.29) is 11.0 Å². The Morgan fingerprint density at radius 3 is 2.60 bits per heavy atom. The van der Waals surface area contributed by atoms with Crippen LogP contribution in [0.5, 0.6) is 5.75 Å². The fourth-order valence-electron chi connectivity index (χ4n) is 3.05. The molecular formula is C17H26ClNO. The van der Waals surface area contributed by atoms with Gasteiger partial charge in [-0.25, -0.2) is 0 Å². The van der Waals surface area contributed by atoms with E-state index in [0.29, 0.717) is 5.92 Å². The molecule has 112 valence electrons. The first-order valence-corrected chi connectivity index (χ1v) is 7.79. The molecule has 0 radical (unpaired) electrons. The number of benzene rings is 1.